The largest absolute Gasteiger partial charge is 0.494 e. The number of halogens is 1. The molecule has 0 aliphatic rings. The van der Waals surface area contributed by atoms with Gasteiger partial charge in [0.25, 0.3) is 0 Å². The Morgan fingerprint density at radius 1 is 1.41 bits per heavy atom. The smallest absolute Gasteiger partial charge is 0.227 e. The van der Waals surface area contributed by atoms with Gasteiger partial charge in [0.2, 0.25) is 5.95 Å². The van der Waals surface area contributed by atoms with E-state index in [1.165, 1.54) is 19.2 Å². The number of hydrogen-bond donors (Lipinski definition) is 2. The van der Waals surface area contributed by atoms with Gasteiger partial charge < -0.3 is 10.1 Å². The summed E-state index contributed by atoms with van der Waals surface area (Å²) in [6.45, 7) is 1.80. The minimum absolute atomic E-state index is 0.179. The van der Waals surface area contributed by atoms with Crippen molar-refractivity contribution in [1.82, 2.24) is 9.97 Å². The summed E-state index contributed by atoms with van der Waals surface area (Å²) in [7, 11) is 1.41. The third kappa shape index (κ3) is 3.82. The number of aromatic nitrogens is 2. The molecule has 0 bridgehead atoms. The van der Waals surface area contributed by atoms with Crippen molar-refractivity contribution in [2.45, 2.75) is 6.92 Å². The molecule has 0 saturated carbocycles. The Hall–Kier alpha value is -2.41. The number of ether oxygens (including phenoxy) is 1. The molecule has 0 amide bonds. The second-order valence-electron chi connectivity index (χ2n) is 4.14. The first-order chi connectivity index (χ1) is 10.7. The van der Waals surface area contributed by atoms with Gasteiger partial charge in [-0.15, -0.1) is 12.6 Å². The van der Waals surface area contributed by atoms with Crippen molar-refractivity contribution in [2.24, 2.45) is 4.99 Å². The fourth-order valence-corrected chi connectivity index (χ4v) is 1.94. The number of aliphatic imine (C=N–C) groups is 1. The minimum atomic E-state index is -0.463. The highest BCUT2D eigenvalue weighted by molar-refractivity contribution is 7.83. The molecule has 1 N–H and O–H groups in total. The molecule has 1 heterocycles. The summed E-state index contributed by atoms with van der Waals surface area (Å²) in [5, 5.41) is 4.49. The van der Waals surface area contributed by atoms with Gasteiger partial charge in [0.1, 0.15) is 0 Å². The van der Waals surface area contributed by atoms with Crippen LogP contribution in [0.4, 0.5) is 16.0 Å². The first kappa shape index (κ1) is 16.0. The third-order valence-corrected chi connectivity index (χ3v) is 2.96. The topological polar surface area (TPSA) is 59.4 Å². The molecule has 0 saturated heterocycles. The molecule has 0 spiro atoms. The highest BCUT2D eigenvalue weighted by atomic mass is 32.1. The van der Waals surface area contributed by atoms with Gasteiger partial charge in [-0.1, -0.05) is 0 Å². The predicted molar refractivity (Wildman–Crippen MR) is 89.4 cm³/mol. The molecule has 0 aliphatic heterocycles. The van der Waals surface area contributed by atoms with Crippen LogP contribution in [0.15, 0.2) is 40.9 Å². The Bertz CT molecular complexity index is 718. The van der Waals surface area contributed by atoms with E-state index in [0.717, 1.165) is 0 Å². The highest BCUT2D eigenvalue weighted by Crippen LogP contribution is 2.23. The van der Waals surface area contributed by atoms with Gasteiger partial charge in [-0.05, 0) is 30.5 Å². The van der Waals surface area contributed by atoms with Gasteiger partial charge in [-0.25, -0.2) is 14.4 Å². The zero-order chi connectivity index (χ0) is 15.9. The number of hydrogen-bond acceptors (Lipinski definition) is 6. The Balaban J connectivity index is 2.25. The van der Waals surface area contributed by atoms with Gasteiger partial charge in [-0.2, -0.15) is 0 Å². The van der Waals surface area contributed by atoms with E-state index >= 15 is 0 Å². The van der Waals surface area contributed by atoms with Crippen molar-refractivity contribution >= 4 is 36.2 Å². The second-order valence-corrected chi connectivity index (χ2v) is 4.40. The van der Waals surface area contributed by atoms with Gasteiger partial charge in [-0.3, -0.25) is 4.99 Å². The molecule has 114 valence electrons. The Labute approximate surface area is 133 Å². The average molecular weight is 318 g/mol. The van der Waals surface area contributed by atoms with Crippen molar-refractivity contribution in [3.05, 3.63) is 47.4 Å². The van der Waals surface area contributed by atoms with Crippen LogP contribution in [0, 0.1) is 5.82 Å². The van der Waals surface area contributed by atoms with E-state index in [1.807, 2.05) is 0 Å². The maximum atomic E-state index is 13.7. The highest BCUT2D eigenvalue weighted by Gasteiger charge is 2.06. The first-order valence-electron chi connectivity index (χ1n) is 6.45. The van der Waals surface area contributed by atoms with Gasteiger partial charge in [0.15, 0.2) is 11.6 Å². The van der Waals surface area contributed by atoms with Gasteiger partial charge >= 0.3 is 0 Å². The van der Waals surface area contributed by atoms with Gasteiger partial charge in [0.05, 0.1) is 18.5 Å². The van der Waals surface area contributed by atoms with Crippen LogP contribution < -0.4 is 10.1 Å². The molecule has 1 aromatic heterocycles. The lowest BCUT2D eigenvalue weighted by atomic mass is 10.3. The van der Waals surface area contributed by atoms with Crippen molar-refractivity contribution in [2.75, 3.05) is 12.4 Å². The molecule has 5 nitrogen and oxygen atoms in total. The molecule has 2 rings (SSSR count). The van der Waals surface area contributed by atoms with E-state index in [0.29, 0.717) is 23.0 Å². The van der Waals surface area contributed by atoms with E-state index in [-0.39, 0.29) is 5.75 Å². The summed E-state index contributed by atoms with van der Waals surface area (Å²) in [5.74, 6) is 0.0500. The van der Waals surface area contributed by atoms with Crippen LogP contribution in [0.5, 0.6) is 5.75 Å². The third-order valence-electron chi connectivity index (χ3n) is 2.72. The lowest BCUT2D eigenvalue weighted by Crippen LogP contribution is -2.00. The summed E-state index contributed by atoms with van der Waals surface area (Å²) in [6.07, 6.45) is 3.24. The maximum absolute atomic E-state index is 13.7. The Morgan fingerprint density at radius 2 is 2.23 bits per heavy atom. The van der Waals surface area contributed by atoms with Crippen LogP contribution in [-0.4, -0.2) is 23.3 Å². The molecule has 1 aromatic carbocycles. The van der Waals surface area contributed by atoms with E-state index in [1.54, 1.807) is 36.9 Å². The SMILES string of the molecule is CC=N/C(=C\S)c1ccnc(Nc2ccc(OC)c(F)c2)n1. The first-order valence-corrected chi connectivity index (χ1v) is 6.96. The fraction of sp³-hybridized carbons (Fsp3) is 0.133. The quantitative estimate of drug-likeness (QED) is 0.652. The normalized spacial score (nSPS) is 11.7. The van der Waals surface area contributed by atoms with E-state index < -0.39 is 5.82 Å². The fourth-order valence-electron chi connectivity index (χ4n) is 1.74. The maximum Gasteiger partial charge on any atom is 0.227 e. The van der Waals surface area contributed by atoms with Crippen LogP contribution in [0.25, 0.3) is 5.70 Å². The Morgan fingerprint density at radius 3 is 2.86 bits per heavy atom. The molecule has 0 unspecified atom stereocenters. The van der Waals surface area contributed by atoms with E-state index in [9.17, 15) is 4.39 Å². The molecule has 0 radical (unpaired) electrons. The number of nitrogens with zero attached hydrogens (tertiary/aromatic N) is 3. The summed E-state index contributed by atoms with van der Waals surface area (Å²) in [4.78, 5) is 12.6. The number of anilines is 2. The van der Waals surface area contributed by atoms with Gasteiger partial charge in [0, 0.05) is 24.2 Å². The lowest BCUT2D eigenvalue weighted by Gasteiger charge is -2.08. The number of thiol groups is 1. The summed E-state index contributed by atoms with van der Waals surface area (Å²) < 4.78 is 18.5. The number of methoxy groups -OCH3 is 1. The number of benzene rings is 1. The Kier molecular flexibility index (Phi) is 5.48. The molecular formula is C15H15FN4OS. The summed E-state index contributed by atoms with van der Waals surface area (Å²) >= 11 is 4.11. The number of nitrogens with one attached hydrogen (secondary N) is 1. The monoisotopic (exact) mass is 318 g/mol. The van der Waals surface area contributed by atoms with Crippen molar-refractivity contribution in [3.8, 4) is 5.75 Å². The van der Waals surface area contributed by atoms with Crippen molar-refractivity contribution in [1.29, 1.82) is 0 Å². The van der Waals surface area contributed by atoms with Crippen LogP contribution in [0.3, 0.4) is 0 Å². The van der Waals surface area contributed by atoms with E-state index in [4.69, 9.17) is 4.74 Å². The standard InChI is InChI=1S/C15H15FN4OS/c1-3-17-13(9-22)12-6-7-18-15(20-12)19-10-4-5-14(21-2)11(16)8-10/h3-9,22H,1-2H3,(H,18,19,20)/b13-9-,17-3?. The van der Waals surface area contributed by atoms with E-state index in [2.05, 4.69) is 32.9 Å². The van der Waals surface area contributed by atoms with Crippen LogP contribution in [0.2, 0.25) is 0 Å². The summed E-state index contributed by atoms with van der Waals surface area (Å²) in [5.41, 5.74) is 1.74. The molecule has 2 aromatic rings. The zero-order valence-electron chi connectivity index (χ0n) is 12.1. The average Bonchev–Trinajstić information content (AvgIpc) is 2.53. The molecule has 0 aliphatic carbocycles. The van der Waals surface area contributed by atoms with Crippen LogP contribution in [-0.2, 0) is 0 Å². The molecular weight excluding hydrogens is 303 g/mol. The molecule has 22 heavy (non-hydrogen) atoms. The zero-order valence-corrected chi connectivity index (χ0v) is 13.0. The van der Waals surface area contributed by atoms with Crippen LogP contribution >= 0.6 is 12.6 Å². The minimum Gasteiger partial charge on any atom is -0.494 e. The summed E-state index contributed by atoms with van der Waals surface area (Å²) in [6, 6.07) is 6.24. The van der Waals surface area contributed by atoms with Crippen molar-refractivity contribution < 1.29 is 9.13 Å². The predicted octanol–water partition coefficient (Wildman–Crippen LogP) is 3.69. The molecule has 7 heteroatoms. The van der Waals surface area contributed by atoms with Crippen LogP contribution in [0.1, 0.15) is 12.6 Å². The second kappa shape index (κ2) is 7.56. The molecule has 0 fully saturated rings. The van der Waals surface area contributed by atoms with Crippen molar-refractivity contribution in [3.63, 3.8) is 0 Å². The number of rotatable bonds is 5. The lowest BCUT2D eigenvalue weighted by molar-refractivity contribution is 0.386. The molecule has 0 atom stereocenters.